The van der Waals surface area contributed by atoms with Gasteiger partial charge < -0.3 is 14.8 Å². The van der Waals surface area contributed by atoms with Crippen LogP contribution in [-0.2, 0) is 6.54 Å². The van der Waals surface area contributed by atoms with Crippen molar-refractivity contribution in [2.75, 3.05) is 14.2 Å². The Bertz CT molecular complexity index is 779. The summed E-state index contributed by atoms with van der Waals surface area (Å²) in [4.78, 5) is 22.7. The average Bonchev–Trinajstić information content (AvgIpc) is 2.59. The molecule has 126 valence electrons. The van der Waals surface area contributed by atoms with Gasteiger partial charge in [-0.1, -0.05) is 12.1 Å². The summed E-state index contributed by atoms with van der Waals surface area (Å²) in [5, 5.41) is 13.6. The van der Waals surface area contributed by atoms with Gasteiger partial charge in [-0.15, -0.1) is 0 Å². The van der Waals surface area contributed by atoms with Gasteiger partial charge in [0.2, 0.25) is 0 Å². The van der Waals surface area contributed by atoms with Gasteiger partial charge in [-0.2, -0.15) is 0 Å². The molecule has 2 aromatic carbocycles. The van der Waals surface area contributed by atoms with Gasteiger partial charge in [0.25, 0.3) is 11.6 Å². The second-order valence-electron chi connectivity index (χ2n) is 4.77. The Kier molecular flexibility index (Phi) is 5.75. The maximum atomic E-state index is 12.3. The van der Waals surface area contributed by atoms with Crippen LogP contribution in [0.25, 0.3) is 0 Å². The van der Waals surface area contributed by atoms with Crippen molar-refractivity contribution in [3.05, 3.63) is 62.1 Å². The summed E-state index contributed by atoms with van der Waals surface area (Å²) in [6.45, 7) is 0.244. The lowest BCUT2D eigenvalue weighted by molar-refractivity contribution is -0.385. The van der Waals surface area contributed by atoms with E-state index in [1.54, 1.807) is 25.3 Å². The first-order valence-electron chi connectivity index (χ1n) is 6.90. The van der Waals surface area contributed by atoms with Gasteiger partial charge in [-0.3, -0.25) is 14.9 Å². The summed E-state index contributed by atoms with van der Waals surface area (Å²) < 4.78 is 10.5. The fourth-order valence-corrected chi connectivity index (χ4v) is 2.69. The van der Waals surface area contributed by atoms with Crippen LogP contribution < -0.4 is 14.8 Å². The molecule has 0 saturated carbocycles. The highest BCUT2D eigenvalue weighted by atomic mass is 79.9. The summed E-state index contributed by atoms with van der Waals surface area (Å²) in [5.41, 5.74) is 0.848. The van der Waals surface area contributed by atoms with E-state index >= 15 is 0 Å². The zero-order valence-corrected chi connectivity index (χ0v) is 14.6. The molecule has 0 aliphatic carbocycles. The van der Waals surface area contributed by atoms with Crippen molar-refractivity contribution in [1.29, 1.82) is 0 Å². The van der Waals surface area contributed by atoms with Crippen LogP contribution in [0.15, 0.2) is 40.9 Å². The van der Waals surface area contributed by atoms with Crippen LogP contribution in [0.2, 0.25) is 0 Å². The van der Waals surface area contributed by atoms with Crippen molar-refractivity contribution in [2.24, 2.45) is 0 Å². The molecule has 1 N–H and O–H groups in total. The number of halogens is 1. The van der Waals surface area contributed by atoms with Crippen LogP contribution in [0.3, 0.4) is 0 Å². The van der Waals surface area contributed by atoms with Crippen molar-refractivity contribution in [3.8, 4) is 11.5 Å². The van der Waals surface area contributed by atoms with E-state index in [0.29, 0.717) is 11.5 Å². The number of carbonyl (C=O) groups excluding carboxylic acids is 1. The Morgan fingerprint density at radius 1 is 1.21 bits per heavy atom. The van der Waals surface area contributed by atoms with E-state index in [1.165, 1.54) is 25.3 Å². The van der Waals surface area contributed by atoms with E-state index in [1.807, 2.05) is 0 Å². The number of nitrogens with one attached hydrogen (secondary N) is 1. The number of rotatable bonds is 6. The van der Waals surface area contributed by atoms with E-state index < -0.39 is 10.8 Å². The molecule has 8 heteroatoms. The third kappa shape index (κ3) is 3.83. The smallest absolute Gasteiger partial charge is 0.284 e. The maximum absolute atomic E-state index is 12.3. The SMILES string of the molecule is COc1ccc(CNC(=O)c2cccc([N+](=O)[O-])c2Br)cc1OC. The summed E-state index contributed by atoms with van der Waals surface area (Å²) in [7, 11) is 3.07. The lowest BCUT2D eigenvalue weighted by Gasteiger charge is -2.11. The van der Waals surface area contributed by atoms with Crippen molar-refractivity contribution in [2.45, 2.75) is 6.54 Å². The minimum Gasteiger partial charge on any atom is -0.493 e. The number of nitro benzene ring substituents is 1. The normalized spacial score (nSPS) is 10.1. The minimum atomic E-state index is -0.546. The van der Waals surface area contributed by atoms with Crippen LogP contribution in [0.5, 0.6) is 11.5 Å². The molecule has 0 atom stereocenters. The van der Waals surface area contributed by atoms with Crippen LogP contribution in [0.4, 0.5) is 5.69 Å². The second-order valence-corrected chi connectivity index (χ2v) is 5.56. The molecule has 0 radical (unpaired) electrons. The van der Waals surface area contributed by atoms with Gasteiger partial charge in [0.1, 0.15) is 4.47 Å². The number of benzene rings is 2. The Morgan fingerprint density at radius 2 is 1.92 bits per heavy atom. The largest absolute Gasteiger partial charge is 0.493 e. The van der Waals surface area contributed by atoms with E-state index in [0.717, 1.165) is 5.56 Å². The molecule has 2 aromatic rings. The minimum absolute atomic E-state index is 0.153. The predicted octanol–water partition coefficient (Wildman–Crippen LogP) is 3.30. The molecule has 0 heterocycles. The molecule has 0 fully saturated rings. The average molecular weight is 395 g/mol. The molecule has 0 unspecified atom stereocenters. The zero-order valence-electron chi connectivity index (χ0n) is 13.0. The topological polar surface area (TPSA) is 90.7 Å². The van der Waals surface area contributed by atoms with Crippen LogP contribution in [-0.4, -0.2) is 25.1 Å². The summed E-state index contributed by atoms with van der Waals surface area (Å²) in [6.07, 6.45) is 0. The Hall–Kier alpha value is -2.61. The van der Waals surface area contributed by atoms with Crippen molar-refractivity contribution < 1.29 is 19.2 Å². The van der Waals surface area contributed by atoms with Crippen molar-refractivity contribution in [1.82, 2.24) is 5.32 Å². The monoisotopic (exact) mass is 394 g/mol. The molecule has 0 aromatic heterocycles. The number of methoxy groups -OCH3 is 2. The van der Waals surface area contributed by atoms with Crippen molar-refractivity contribution in [3.63, 3.8) is 0 Å². The van der Waals surface area contributed by atoms with Gasteiger partial charge in [0.05, 0.1) is 24.7 Å². The van der Waals surface area contributed by atoms with Crippen molar-refractivity contribution >= 4 is 27.5 Å². The Morgan fingerprint density at radius 3 is 2.54 bits per heavy atom. The molecule has 0 spiro atoms. The quantitative estimate of drug-likeness (QED) is 0.599. The fraction of sp³-hybridized carbons (Fsp3) is 0.188. The highest BCUT2D eigenvalue weighted by molar-refractivity contribution is 9.10. The number of nitrogens with zero attached hydrogens (tertiary/aromatic N) is 1. The fourth-order valence-electron chi connectivity index (χ4n) is 2.10. The molecular formula is C16H15BrN2O5. The highest BCUT2D eigenvalue weighted by Crippen LogP contribution is 2.29. The number of hydrogen-bond donors (Lipinski definition) is 1. The van der Waals surface area contributed by atoms with E-state index in [2.05, 4.69) is 21.2 Å². The van der Waals surface area contributed by atoms with Crippen LogP contribution in [0, 0.1) is 10.1 Å². The lowest BCUT2D eigenvalue weighted by Crippen LogP contribution is -2.23. The lowest BCUT2D eigenvalue weighted by atomic mass is 10.1. The standard InChI is InChI=1S/C16H15BrN2O5/c1-23-13-7-6-10(8-14(13)24-2)9-18-16(20)11-4-3-5-12(15(11)17)19(21)22/h3-8H,9H2,1-2H3,(H,18,20). The molecule has 0 saturated heterocycles. The van der Waals surface area contributed by atoms with Gasteiger partial charge in [0, 0.05) is 12.6 Å². The molecule has 0 aliphatic heterocycles. The summed E-state index contributed by atoms with van der Waals surface area (Å²) in [6, 6.07) is 9.60. The van der Waals surface area contributed by atoms with Gasteiger partial charge in [0.15, 0.2) is 11.5 Å². The van der Waals surface area contributed by atoms with Crippen LogP contribution >= 0.6 is 15.9 Å². The predicted molar refractivity (Wildman–Crippen MR) is 91.5 cm³/mol. The first kappa shape index (κ1) is 17.7. The first-order valence-corrected chi connectivity index (χ1v) is 7.69. The van der Waals surface area contributed by atoms with Gasteiger partial charge in [-0.25, -0.2) is 0 Å². The third-order valence-electron chi connectivity index (χ3n) is 3.32. The number of carbonyl (C=O) groups is 1. The Balaban J connectivity index is 2.14. The number of ether oxygens (including phenoxy) is 2. The van der Waals surface area contributed by atoms with Gasteiger partial charge >= 0.3 is 0 Å². The molecular weight excluding hydrogens is 380 g/mol. The van der Waals surface area contributed by atoms with Gasteiger partial charge in [-0.05, 0) is 39.7 Å². The van der Waals surface area contributed by atoms with E-state index in [4.69, 9.17) is 9.47 Å². The molecule has 7 nitrogen and oxygen atoms in total. The number of nitro groups is 1. The van der Waals surface area contributed by atoms with E-state index in [9.17, 15) is 14.9 Å². The molecule has 2 rings (SSSR count). The third-order valence-corrected chi connectivity index (χ3v) is 4.15. The molecule has 0 aliphatic rings. The van der Waals surface area contributed by atoms with Crippen LogP contribution in [0.1, 0.15) is 15.9 Å². The number of amides is 1. The second kappa shape index (κ2) is 7.78. The zero-order chi connectivity index (χ0) is 17.7. The molecule has 24 heavy (non-hydrogen) atoms. The highest BCUT2D eigenvalue weighted by Gasteiger charge is 2.19. The summed E-state index contributed by atoms with van der Waals surface area (Å²) in [5.74, 6) is 0.732. The number of hydrogen-bond acceptors (Lipinski definition) is 5. The summed E-state index contributed by atoms with van der Waals surface area (Å²) >= 11 is 3.11. The molecule has 0 bridgehead atoms. The maximum Gasteiger partial charge on any atom is 0.284 e. The van der Waals surface area contributed by atoms with E-state index in [-0.39, 0.29) is 22.3 Å². The first-order chi connectivity index (χ1) is 11.5. The molecule has 1 amide bonds. The Labute approximate surface area is 146 Å².